The van der Waals surface area contributed by atoms with Crippen LogP contribution in [-0.4, -0.2) is 5.11 Å². The minimum atomic E-state index is -0.0191. The van der Waals surface area contributed by atoms with Gasteiger partial charge in [0.05, 0.1) is 0 Å². The fourth-order valence-electron chi connectivity index (χ4n) is 3.47. The van der Waals surface area contributed by atoms with Crippen LogP contribution < -0.4 is 0 Å². The molecule has 1 N–H and O–H groups in total. The number of phenols is 1. The van der Waals surface area contributed by atoms with E-state index in [1.54, 1.807) is 0 Å². The van der Waals surface area contributed by atoms with Crippen molar-refractivity contribution in [1.82, 2.24) is 0 Å². The fraction of sp³-hybridized carbons (Fsp3) is 0.700. The van der Waals surface area contributed by atoms with E-state index in [9.17, 15) is 5.11 Å². The average molecular weight is 288 g/mol. The SMILES string of the molecule is CC(C)(C)c1cc(C2CCCCC2)cc(C(C)(C)C)c1O. The molecule has 1 aromatic rings. The number of aromatic hydroxyl groups is 1. The highest BCUT2D eigenvalue weighted by Crippen LogP contribution is 2.43. The van der Waals surface area contributed by atoms with Crippen molar-refractivity contribution in [1.29, 1.82) is 0 Å². The van der Waals surface area contributed by atoms with Gasteiger partial charge in [-0.1, -0.05) is 72.9 Å². The molecule has 2 rings (SSSR count). The highest BCUT2D eigenvalue weighted by atomic mass is 16.3. The maximum atomic E-state index is 10.8. The van der Waals surface area contributed by atoms with E-state index < -0.39 is 0 Å². The van der Waals surface area contributed by atoms with E-state index in [2.05, 4.69) is 53.7 Å². The number of phenolic OH excluding ortho intramolecular Hbond substituents is 1. The zero-order valence-corrected chi connectivity index (χ0v) is 14.7. The molecule has 118 valence electrons. The van der Waals surface area contributed by atoms with E-state index >= 15 is 0 Å². The Morgan fingerprint density at radius 2 is 1.24 bits per heavy atom. The van der Waals surface area contributed by atoms with Crippen LogP contribution in [0.2, 0.25) is 0 Å². The van der Waals surface area contributed by atoms with Crippen molar-refractivity contribution < 1.29 is 5.11 Å². The van der Waals surface area contributed by atoms with Gasteiger partial charge in [0.1, 0.15) is 5.75 Å². The lowest BCUT2D eigenvalue weighted by atomic mass is 9.75. The average Bonchev–Trinajstić information content (AvgIpc) is 2.37. The molecule has 1 saturated carbocycles. The van der Waals surface area contributed by atoms with Crippen LogP contribution in [0.3, 0.4) is 0 Å². The van der Waals surface area contributed by atoms with Crippen LogP contribution in [0.5, 0.6) is 5.75 Å². The molecule has 0 heterocycles. The largest absolute Gasteiger partial charge is 0.507 e. The molecule has 1 aliphatic carbocycles. The summed E-state index contributed by atoms with van der Waals surface area (Å²) in [5.41, 5.74) is 3.62. The Bertz CT molecular complexity index is 459. The maximum Gasteiger partial charge on any atom is 0.123 e. The van der Waals surface area contributed by atoms with Gasteiger partial charge in [-0.15, -0.1) is 0 Å². The molecule has 1 aliphatic rings. The molecule has 21 heavy (non-hydrogen) atoms. The first-order chi connectivity index (χ1) is 9.60. The summed E-state index contributed by atoms with van der Waals surface area (Å²) in [7, 11) is 0. The molecule has 0 bridgehead atoms. The molecule has 0 spiro atoms. The second-order valence-corrected chi connectivity index (χ2v) is 8.80. The summed E-state index contributed by atoms with van der Waals surface area (Å²) < 4.78 is 0. The number of hydrogen-bond donors (Lipinski definition) is 1. The second kappa shape index (κ2) is 5.66. The number of benzene rings is 1. The van der Waals surface area contributed by atoms with Crippen molar-refractivity contribution in [2.45, 2.75) is 90.4 Å². The Morgan fingerprint density at radius 3 is 1.62 bits per heavy atom. The van der Waals surface area contributed by atoms with Crippen LogP contribution in [0.25, 0.3) is 0 Å². The van der Waals surface area contributed by atoms with Crippen molar-refractivity contribution in [3.63, 3.8) is 0 Å². The van der Waals surface area contributed by atoms with Crippen molar-refractivity contribution in [3.8, 4) is 5.75 Å². The van der Waals surface area contributed by atoms with Crippen LogP contribution in [-0.2, 0) is 10.8 Å². The predicted octanol–water partition coefficient (Wildman–Crippen LogP) is 6.03. The number of rotatable bonds is 1. The molecule has 1 fully saturated rings. The van der Waals surface area contributed by atoms with E-state index in [0.717, 1.165) is 11.1 Å². The Labute approximate surface area is 130 Å². The zero-order valence-electron chi connectivity index (χ0n) is 14.7. The van der Waals surface area contributed by atoms with Gasteiger partial charge in [0, 0.05) is 0 Å². The smallest absolute Gasteiger partial charge is 0.123 e. The fourth-order valence-corrected chi connectivity index (χ4v) is 3.47. The van der Waals surface area contributed by atoms with Gasteiger partial charge in [0.15, 0.2) is 0 Å². The van der Waals surface area contributed by atoms with Gasteiger partial charge in [-0.3, -0.25) is 0 Å². The van der Waals surface area contributed by atoms with Gasteiger partial charge in [0.2, 0.25) is 0 Å². The van der Waals surface area contributed by atoms with Crippen LogP contribution in [0.4, 0.5) is 0 Å². The van der Waals surface area contributed by atoms with Crippen LogP contribution in [0, 0.1) is 0 Å². The first-order valence-corrected chi connectivity index (χ1v) is 8.48. The highest BCUT2D eigenvalue weighted by Gasteiger charge is 2.28. The standard InChI is InChI=1S/C20H32O/c1-19(2,3)16-12-15(14-10-8-7-9-11-14)13-17(18(16)21)20(4,5)6/h12-14,21H,7-11H2,1-6H3. The summed E-state index contributed by atoms with van der Waals surface area (Å²) in [4.78, 5) is 0. The second-order valence-electron chi connectivity index (χ2n) is 8.80. The third-order valence-corrected chi connectivity index (χ3v) is 4.82. The first-order valence-electron chi connectivity index (χ1n) is 8.48. The van der Waals surface area contributed by atoms with Gasteiger partial charge in [-0.25, -0.2) is 0 Å². The third kappa shape index (κ3) is 3.62. The molecule has 0 atom stereocenters. The van der Waals surface area contributed by atoms with Crippen LogP contribution in [0.1, 0.15) is 96.3 Å². The van der Waals surface area contributed by atoms with Crippen molar-refractivity contribution in [2.24, 2.45) is 0 Å². The maximum absolute atomic E-state index is 10.8. The molecule has 0 aromatic heterocycles. The van der Waals surface area contributed by atoms with Crippen molar-refractivity contribution in [2.75, 3.05) is 0 Å². The molecule has 0 saturated heterocycles. The topological polar surface area (TPSA) is 20.2 Å². The van der Waals surface area contributed by atoms with Crippen LogP contribution in [0.15, 0.2) is 12.1 Å². The molecule has 0 unspecified atom stereocenters. The Hall–Kier alpha value is -0.980. The molecule has 1 heteroatoms. The summed E-state index contributed by atoms with van der Waals surface area (Å²) in [5.74, 6) is 1.19. The summed E-state index contributed by atoms with van der Waals surface area (Å²) in [5, 5.41) is 10.8. The molecule has 0 amide bonds. The molecule has 0 radical (unpaired) electrons. The van der Waals surface area contributed by atoms with E-state index in [-0.39, 0.29) is 10.8 Å². The summed E-state index contributed by atoms with van der Waals surface area (Å²) >= 11 is 0. The number of hydrogen-bond acceptors (Lipinski definition) is 1. The zero-order chi connectivity index (χ0) is 15.8. The molecule has 1 aromatic carbocycles. The first kappa shape index (κ1) is 16.4. The monoisotopic (exact) mass is 288 g/mol. The molecule has 0 aliphatic heterocycles. The lowest BCUT2D eigenvalue weighted by Crippen LogP contribution is -2.19. The van der Waals surface area contributed by atoms with E-state index in [1.807, 2.05) is 0 Å². The lowest BCUT2D eigenvalue weighted by Gasteiger charge is -2.31. The highest BCUT2D eigenvalue weighted by molar-refractivity contribution is 5.50. The summed E-state index contributed by atoms with van der Waals surface area (Å²) in [6.07, 6.45) is 6.69. The normalized spacial score (nSPS) is 18.0. The Balaban J connectivity index is 2.56. The summed E-state index contributed by atoms with van der Waals surface area (Å²) in [6.45, 7) is 13.2. The quantitative estimate of drug-likeness (QED) is 0.668. The lowest BCUT2D eigenvalue weighted by molar-refractivity contribution is 0.415. The van der Waals surface area contributed by atoms with Gasteiger partial charge in [-0.2, -0.15) is 0 Å². The van der Waals surface area contributed by atoms with Crippen LogP contribution >= 0.6 is 0 Å². The Morgan fingerprint density at radius 1 is 0.810 bits per heavy atom. The minimum absolute atomic E-state index is 0.0191. The van der Waals surface area contributed by atoms with E-state index in [1.165, 1.54) is 37.7 Å². The molecule has 1 nitrogen and oxygen atoms in total. The van der Waals surface area contributed by atoms with Gasteiger partial charge in [-0.05, 0) is 46.3 Å². The van der Waals surface area contributed by atoms with Gasteiger partial charge >= 0.3 is 0 Å². The third-order valence-electron chi connectivity index (χ3n) is 4.82. The van der Waals surface area contributed by atoms with Crippen molar-refractivity contribution in [3.05, 3.63) is 28.8 Å². The van der Waals surface area contributed by atoms with Gasteiger partial charge in [0.25, 0.3) is 0 Å². The minimum Gasteiger partial charge on any atom is -0.507 e. The predicted molar refractivity (Wildman–Crippen MR) is 91.3 cm³/mol. The van der Waals surface area contributed by atoms with Crippen molar-refractivity contribution >= 4 is 0 Å². The Kier molecular flexibility index (Phi) is 4.42. The summed E-state index contributed by atoms with van der Waals surface area (Å²) in [6, 6.07) is 4.56. The van der Waals surface area contributed by atoms with E-state index in [4.69, 9.17) is 0 Å². The van der Waals surface area contributed by atoms with E-state index in [0.29, 0.717) is 11.7 Å². The van der Waals surface area contributed by atoms with Gasteiger partial charge < -0.3 is 5.11 Å². The molecular formula is C20H32O. The molecular weight excluding hydrogens is 256 g/mol.